The lowest BCUT2D eigenvalue weighted by atomic mass is 9.98. The minimum Gasteiger partial charge on any atom is -0.345 e. The van der Waals surface area contributed by atoms with E-state index in [0.29, 0.717) is 0 Å². The summed E-state index contributed by atoms with van der Waals surface area (Å²) >= 11 is 0. The number of H-pyrrole nitrogens is 1. The van der Waals surface area contributed by atoms with Gasteiger partial charge in [-0.1, -0.05) is 13.0 Å². The SMILES string of the molecule is CCC(C#N)c1ccc2nc[nH]c2c1. The van der Waals surface area contributed by atoms with Crippen molar-refractivity contribution in [1.29, 1.82) is 5.26 Å². The summed E-state index contributed by atoms with van der Waals surface area (Å²) in [6, 6.07) is 8.21. The highest BCUT2D eigenvalue weighted by Gasteiger charge is 2.08. The zero-order chi connectivity index (χ0) is 9.97. The van der Waals surface area contributed by atoms with Crippen LogP contribution in [0.1, 0.15) is 24.8 Å². The van der Waals surface area contributed by atoms with Crippen molar-refractivity contribution in [2.45, 2.75) is 19.3 Å². The number of hydrogen-bond acceptors (Lipinski definition) is 2. The van der Waals surface area contributed by atoms with E-state index in [2.05, 4.69) is 16.0 Å². The highest BCUT2D eigenvalue weighted by Crippen LogP contribution is 2.21. The van der Waals surface area contributed by atoms with E-state index in [1.54, 1.807) is 6.33 Å². The van der Waals surface area contributed by atoms with Crippen LogP contribution in [0.2, 0.25) is 0 Å². The molecule has 0 saturated heterocycles. The minimum atomic E-state index is -0.0114. The number of nitrogens with one attached hydrogen (secondary N) is 1. The summed E-state index contributed by atoms with van der Waals surface area (Å²) in [7, 11) is 0. The number of nitrogens with zero attached hydrogens (tertiary/aromatic N) is 2. The maximum absolute atomic E-state index is 8.93. The summed E-state index contributed by atoms with van der Waals surface area (Å²) in [6.45, 7) is 2.02. The maximum Gasteiger partial charge on any atom is 0.0931 e. The Balaban J connectivity index is 2.48. The first-order chi connectivity index (χ1) is 6.85. The number of aromatic nitrogens is 2. The van der Waals surface area contributed by atoms with Crippen LogP contribution in [-0.2, 0) is 0 Å². The van der Waals surface area contributed by atoms with Gasteiger partial charge >= 0.3 is 0 Å². The van der Waals surface area contributed by atoms with Crippen molar-refractivity contribution in [3.63, 3.8) is 0 Å². The first-order valence-electron chi connectivity index (χ1n) is 4.67. The second kappa shape index (κ2) is 3.51. The highest BCUT2D eigenvalue weighted by molar-refractivity contribution is 5.75. The van der Waals surface area contributed by atoms with Crippen LogP contribution in [0.3, 0.4) is 0 Å². The quantitative estimate of drug-likeness (QED) is 0.781. The van der Waals surface area contributed by atoms with Gasteiger partial charge in [-0.2, -0.15) is 5.26 Å². The number of hydrogen-bond donors (Lipinski definition) is 1. The number of fused-ring (bicyclic) bond motifs is 1. The lowest BCUT2D eigenvalue weighted by molar-refractivity contribution is 0.819. The summed E-state index contributed by atoms with van der Waals surface area (Å²) in [5, 5.41) is 8.93. The summed E-state index contributed by atoms with van der Waals surface area (Å²) in [6.07, 6.45) is 2.51. The van der Waals surface area contributed by atoms with Crippen LogP contribution >= 0.6 is 0 Å². The van der Waals surface area contributed by atoms with Crippen molar-refractivity contribution in [3.05, 3.63) is 30.1 Å². The molecule has 1 aromatic heterocycles. The zero-order valence-electron chi connectivity index (χ0n) is 7.99. The van der Waals surface area contributed by atoms with E-state index in [1.807, 2.05) is 25.1 Å². The Kier molecular flexibility index (Phi) is 2.19. The number of benzene rings is 1. The van der Waals surface area contributed by atoms with Crippen LogP contribution in [0.25, 0.3) is 11.0 Å². The third kappa shape index (κ3) is 1.35. The molecule has 3 heteroatoms. The Morgan fingerprint density at radius 2 is 2.43 bits per heavy atom. The van der Waals surface area contributed by atoms with Crippen LogP contribution < -0.4 is 0 Å². The van der Waals surface area contributed by atoms with Gasteiger partial charge in [0.1, 0.15) is 0 Å². The molecule has 0 aliphatic heterocycles. The number of aromatic amines is 1. The van der Waals surface area contributed by atoms with Crippen molar-refractivity contribution >= 4 is 11.0 Å². The van der Waals surface area contributed by atoms with Crippen molar-refractivity contribution < 1.29 is 0 Å². The van der Waals surface area contributed by atoms with Gasteiger partial charge in [0.25, 0.3) is 0 Å². The van der Waals surface area contributed by atoms with Gasteiger partial charge in [0.15, 0.2) is 0 Å². The molecule has 0 saturated carbocycles. The van der Waals surface area contributed by atoms with Crippen LogP contribution in [0, 0.1) is 11.3 Å². The molecular formula is C11H11N3. The van der Waals surface area contributed by atoms with E-state index >= 15 is 0 Å². The lowest BCUT2D eigenvalue weighted by Crippen LogP contribution is -1.92. The van der Waals surface area contributed by atoms with Gasteiger partial charge in [-0.15, -0.1) is 0 Å². The molecule has 1 N–H and O–H groups in total. The molecule has 1 aromatic carbocycles. The molecule has 0 bridgehead atoms. The highest BCUT2D eigenvalue weighted by atomic mass is 14.9. The fourth-order valence-electron chi connectivity index (χ4n) is 1.57. The minimum absolute atomic E-state index is 0.0114. The molecule has 14 heavy (non-hydrogen) atoms. The fourth-order valence-corrected chi connectivity index (χ4v) is 1.57. The number of rotatable bonds is 2. The lowest BCUT2D eigenvalue weighted by Gasteiger charge is -2.05. The standard InChI is InChI=1S/C11H11N3/c1-2-8(6-12)9-3-4-10-11(5-9)14-7-13-10/h3-5,7-8H,2H2,1H3,(H,13,14). The summed E-state index contributed by atoms with van der Waals surface area (Å²) in [4.78, 5) is 7.17. The predicted molar refractivity (Wildman–Crippen MR) is 54.7 cm³/mol. The van der Waals surface area contributed by atoms with Crippen LogP contribution in [-0.4, -0.2) is 9.97 Å². The summed E-state index contributed by atoms with van der Waals surface area (Å²) in [5.74, 6) is -0.0114. The molecular weight excluding hydrogens is 174 g/mol. The maximum atomic E-state index is 8.93. The first kappa shape index (κ1) is 8.76. The Labute approximate surface area is 82.4 Å². The van der Waals surface area contributed by atoms with Crippen molar-refractivity contribution in [3.8, 4) is 6.07 Å². The Bertz CT molecular complexity index is 478. The fraction of sp³-hybridized carbons (Fsp3) is 0.273. The monoisotopic (exact) mass is 185 g/mol. The molecule has 0 radical (unpaired) electrons. The Morgan fingerprint density at radius 1 is 1.57 bits per heavy atom. The average molecular weight is 185 g/mol. The van der Waals surface area contributed by atoms with E-state index < -0.39 is 0 Å². The predicted octanol–water partition coefficient (Wildman–Crippen LogP) is 2.58. The van der Waals surface area contributed by atoms with E-state index in [0.717, 1.165) is 23.0 Å². The molecule has 2 rings (SSSR count). The van der Waals surface area contributed by atoms with Crippen molar-refractivity contribution in [2.24, 2.45) is 0 Å². The largest absolute Gasteiger partial charge is 0.345 e. The molecule has 1 unspecified atom stereocenters. The van der Waals surface area contributed by atoms with E-state index in [4.69, 9.17) is 5.26 Å². The molecule has 70 valence electrons. The Morgan fingerprint density at radius 3 is 3.14 bits per heavy atom. The normalized spacial score (nSPS) is 12.6. The van der Waals surface area contributed by atoms with Crippen LogP contribution in [0.15, 0.2) is 24.5 Å². The van der Waals surface area contributed by atoms with Crippen molar-refractivity contribution in [2.75, 3.05) is 0 Å². The molecule has 3 nitrogen and oxygen atoms in total. The molecule has 0 spiro atoms. The molecule has 1 heterocycles. The topological polar surface area (TPSA) is 52.5 Å². The molecule has 0 amide bonds. The van der Waals surface area contributed by atoms with E-state index in [1.165, 1.54) is 0 Å². The van der Waals surface area contributed by atoms with Gasteiger partial charge in [-0.05, 0) is 24.1 Å². The third-order valence-electron chi connectivity index (χ3n) is 2.41. The Hall–Kier alpha value is -1.82. The zero-order valence-corrected chi connectivity index (χ0v) is 7.99. The van der Waals surface area contributed by atoms with Crippen molar-refractivity contribution in [1.82, 2.24) is 9.97 Å². The third-order valence-corrected chi connectivity index (χ3v) is 2.41. The van der Waals surface area contributed by atoms with E-state index in [9.17, 15) is 0 Å². The summed E-state index contributed by atoms with van der Waals surface area (Å²) < 4.78 is 0. The summed E-state index contributed by atoms with van der Waals surface area (Å²) in [5.41, 5.74) is 3.00. The number of nitriles is 1. The average Bonchev–Trinajstić information content (AvgIpc) is 2.66. The smallest absolute Gasteiger partial charge is 0.0931 e. The molecule has 0 aliphatic carbocycles. The molecule has 0 fully saturated rings. The second-order valence-corrected chi connectivity index (χ2v) is 3.27. The second-order valence-electron chi connectivity index (χ2n) is 3.27. The van der Waals surface area contributed by atoms with Gasteiger partial charge in [0.2, 0.25) is 0 Å². The van der Waals surface area contributed by atoms with Gasteiger partial charge in [-0.25, -0.2) is 4.98 Å². The van der Waals surface area contributed by atoms with Crippen LogP contribution in [0.4, 0.5) is 0 Å². The van der Waals surface area contributed by atoms with Gasteiger partial charge in [0.05, 0.1) is 29.3 Å². The molecule has 1 atom stereocenters. The van der Waals surface area contributed by atoms with Gasteiger partial charge in [0, 0.05) is 0 Å². The number of imidazole rings is 1. The molecule has 2 aromatic rings. The molecule has 0 aliphatic rings. The first-order valence-corrected chi connectivity index (χ1v) is 4.67. The van der Waals surface area contributed by atoms with Gasteiger partial charge < -0.3 is 4.98 Å². The van der Waals surface area contributed by atoms with E-state index in [-0.39, 0.29) is 5.92 Å². The van der Waals surface area contributed by atoms with Crippen LogP contribution in [0.5, 0.6) is 0 Å². The van der Waals surface area contributed by atoms with Gasteiger partial charge in [-0.3, -0.25) is 0 Å².